The lowest BCUT2D eigenvalue weighted by atomic mass is 9.90. The maximum atomic E-state index is 12.3. The van der Waals surface area contributed by atoms with Crippen molar-refractivity contribution in [2.24, 2.45) is 5.73 Å². The molecule has 41 heavy (non-hydrogen) atoms. The summed E-state index contributed by atoms with van der Waals surface area (Å²) in [5, 5.41) is 5.89. The maximum Gasteiger partial charge on any atom is 0.319 e. The predicted molar refractivity (Wildman–Crippen MR) is 162 cm³/mol. The summed E-state index contributed by atoms with van der Waals surface area (Å²) in [6.45, 7) is 6.97. The van der Waals surface area contributed by atoms with Crippen molar-refractivity contribution in [2.45, 2.75) is 51.2 Å². The number of benzene rings is 2. The molecule has 3 heterocycles. The molecular formula is C31H39N9O. The fraction of sp³-hybridized carbons (Fsp3) is 0.419. The van der Waals surface area contributed by atoms with Gasteiger partial charge in [-0.05, 0) is 62.9 Å². The number of primary amides is 1. The van der Waals surface area contributed by atoms with Crippen LogP contribution in [0.1, 0.15) is 42.9 Å². The maximum absolute atomic E-state index is 12.3. The molecule has 10 heteroatoms. The third kappa shape index (κ3) is 5.62. The predicted octanol–water partition coefficient (Wildman–Crippen LogP) is 4.20. The van der Waals surface area contributed by atoms with E-state index in [1.165, 1.54) is 6.33 Å². The second kappa shape index (κ2) is 11.5. The number of aryl methyl sites for hydroxylation is 1. The molecule has 0 radical (unpaired) electrons. The molecule has 2 aliphatic rings. The second-order valence-corrected chi connectivity index (χ2v) is 11.5. The number of nitrogens with two attached hydrogens (primary N) is 2. The Hall–Kier alpha value is -4.02. The molecule has 1 saturated carbocycles. The largest absolute Gasteiger partial charge is 0.383 e. The van der Waals surface area contributed by atoms with E-state index in [0.717, 1.165) is 91.0 Å². The Bertz CT molecular complexity index is 1520. The third-order valence-electron chi connectivity index (χ3n) is 8.73. The number of carbonyl (C=O) groups excluding carboxylic acids is 1. The third-order valence-corrected chi connectivity index (χ3v) is 8.73. The molecule has 2 fully saturated rings. The summed E-state index contributed by atoms with van der Waals surface area (Å²) in [7, 11) is 2.21. The number of likely N-dealkylation sites (N-methyl/N-ethyl adjacent to an activating group) is 1. The normalized spacial score (nSPS) is 20.3. The van der Waals surface area contributed by atoms with E-state index < -0.39 is 6.03 Å². The first kappa shape index (κ1) is 27.2. The summed E-state index contributed by atoms with van der Waals surface area (Å²) >= 11 is 0. The molecular weight excluding hydrogens is 514 g/mol. The number of hydrogen-bond donors (Lipinski definition) is 2. The van der Waals surface area contributed by atoms with Gasteiger partial charge in [0.25, 0.3) is 0 Å². The first-order valence-electron chi connectivity index (χ1n) is 14.5. The summed E-state index contributed by atoms with van der Waals surface area (Å²) in [6, 6.07) is 16.3. The quantitative estimate of drug-likeness (QED) is 0.367. The number of carbonyl (C=O) groups is 1. The van der Waals surface area contributed by atoms with Crippen LogP contribution in [0.25, 0.3) is 22.3 Å². The first-order chi connectivity index (χ1) is 19.9. The molecule has 0 bridgehead atoms. The average molecular weight is 554 g/mol. The lowest BCUT2D eigenvalue weighted by molar-refractivity contribution is 0.0815. The van der Waals surface area contributed by atoms with E-state index in [2.05, 4.69) is 31.5 Å². The fourth-order valence-electron chi connectivity index (χ4n) is 6.35. The number of rotatable bonds is 6. The van der Waals surface area contributed by atoms with Gasteiger partial charge in [0.05, 0.1) is 18.0 Å². The van der Waals surface area contributed by atoms with Crippen molar-refractivity contribution in [1.82, 2.24) is 29.5 Å². The van der Waals surface area contributed by atoms with E-state index >= 15 is 0 Å². The zero-order chi connectivity index (χ0) is 28.5. The molecule has 2 aromatic heterocycles. The number of nitrogens with zero attached hydrogens (tertiary/aromatic N) is 7. The highest BCUT2D eigenvalue weighted by atomic mass is 16.2. The minimum Gasteiger partial charge on any atom is -0.383 e. The van der Waals surface area contributed by atoms with E-state index in [-0.39, 0.29) is 6.04 Å². The number of anilines is 2. The second-order valence-electron chi connectivity index (χ2n) is 11.5. The van der Waals surface area contributed by atoms with Crippen molar-refractivity contribution < 1.29 is 4.79 Å². The van der Waals surface area contributed by atoms with Gasteiger partial charge in [-0.25, -0.2) is 19.4 Å². The van der Waals surface area contributed by atoms with Crippen LogP contribution < -0.4 is 16.4 Å². The topological polar surface area (TPSA) is 122 Å². The van der Waals surface area contributed by atoms with Crippen LogP contribution >= 0.6 is 0 Å². The SMILES string of the molecule is Cc1cccc(N(Cc2ccc(-c3nn([C@H]4CC[C@H](N5CCN(C)CC5)CC4)c4ncnc(N)c34)cc2)C(N)=O)c1. The monoisotopic (exact) mass is 553 g/mol. The standard InChI is InChI=1S/C31H39N9O/c1-21-4-3-5-26(18-21)39(31(33)41)19-22-6-8-23(9-7-22)28-27-29(32)34-20-35-30(27)40(36-28)25-12-10-24(11-13-25)38-16-14-37(2)15-17-38/h3-9,18,20,24-25H,10-17,19H2,1-2H3,(H2,33,41)(H2,32,34,35)/t24-,25-. The molecule has 0 atom stereocenters. The van der Waals surface area contributed by atoms with E-state index in [1.807, 2.05) is 55.5 Å². The minimum atomic E-state index is -0.489. The summed E-state index contributed by atoms with van der Waals surface area (Å²) in [6.07, 6.45) is 5.99. The number of piperazine rings is 1. The molecule has 4 aromatic rings. The Balaban J connectivity index is 1.23. The molecule has 2 amide bonds. The van der Waals surface area contributed by atoms with E-state index in [0.29, 0.717) is 18.4 Å². The van der Waals surface area contributed by atoms with Crippen molar-refractivity contribution >= 4 is 28.6 Å². The van der Waals surface area contributed by atoms with Crippen molar-refractivity contribution in [3.8, 4) is 11.3 Å². The van der Waals surface area contributed by atoms with Crippen LogP contribution in [0.3, 0.4) is 0 Å². The number of aromatic nitrogens is 4. The van der Waals surface area contributed by atoms with Gasteiger partial charge in [-0.2, -0.15) is 5.10 Å². The highest BCUT2D eigenvalue weighted by Crippen LogP contribution is 2.37. The van der Waals surface area contributed by atoms with Crippen LogP contribution in [0.2, 0.25) is 0 Å². The lowest BCUT2D eigenvalue weighted by Gasteiger charge is -2.41. The Morgan fingerprint density at radius 1 is 0.976 bits per heavy atom. The minimum absolute atomic E-state index is 0.280. The average Bonchev–Trinajstić information content (AvgIpc) is 3.38. The molecule has 4 N–H and O–H groups in total. The number of urea groups is 1. The van der Waals surface area contributed by atoms with E-state index in [1.54, 1.807) is 4.90 Å². The summed E-state index contributed by atoms with van der Waals surface area (Å²) in [5.74, 6) is 0.436. The Kier molecular flexibility index (Phi) is 7.59. The van der Waals surface area contributed by atoms with Crippen LogP contribution in [0.5, 0.6) is 0 Å². The van der Waals surface area contributed by atoms with Gasteiger partial charge in [0.1, 0.15) is 17.8 Å². The molecule has 214 valence electrons. The van der Waals surface area contributed by atoms with Crippen LogP contribution in [0, 0.1) is 6.92 Å². The molecule has 0 unspecified atom stereocenters. The van der Waals surface area contributed by atoms with Crippen LogP contribution in [-0.2, 0) is 6.54 Å². The molecule has 1 saturated heterocycles. The number of amides is 2. The van der Waals surface area contributed by atoms with Gasteiger partial charge in [0.15, 0.2) is 5.65 Å². The van der Waals surface area contributed by atoms with Gasteiger partial charge in [0, 0.05) is 43.5 Å². The number of hydrogen-bond acceptors (Lipinski definition) is 7. The van der Waals surface area contributed by atoms with Gasteiger partial charge >= 0.3 is 6.03 Å². The molecule has 1 aliphatic carbocycles. The number of nitrogen functional groups attached to an aromatic ring is 1. The summed E-state index contributed by atoms with van der Waals surface area (Å²) in [4.78, 5) is 27.9. The fourth-order valence-corrected chi connectivity index (χ4v) is 6.35. The molecule has 10 nitrogen and oxygen atoms in total. The Morgan fingerprint density at radius 2 is 1.68 bits per heavy atom. The summed E-state index contributed by atoms with van der Waals surface area (Å²) < 4.78 is 2.09. The number of fused-ring (bicyclic) bond motifs is 1. The van der Waals surface area contributed by atoms with Crippen molar-refractivity contribution in [2.75, 3.05) is 43.9 Å². The highest BCUT2D eigenvalue weighted by molar-refractivity contribution is 5.98. The molecule has 0 spiro atoms. The van der Waals surface area contributed by atoms with Crippen LogP contribution in [0.15, 0.2) is 54.9 Å². The lowest BCUT2D eigenvalue weighted by Crippen LogP contribution is -2.49. The van der Waals surface area contributed by atoms with Crippen molar-refractivity contribution in [3.63, 3.8) is 0 Å². The Morgan fingerprint density at radius 3 is 2.37 bits per heavy atom. The molecule has 2 aromatic carbocycles. The Labute approximate surface area is 240 Å². The molecule has 6 rings (SSSR count). The van der Waals surface area contributed by atoms with Crippen LogP contribution in [0.4, 0.5) is 16.3 Å². The summed E-state index contributed by atoms with van der Waals surface area (Å²) in [5.41, 5.74) is 17.5. The first-order valence-corrected chi connectivity index (χ1v) is 14.5. The smallest absolute Gasteiger partial charge is 0.319 e. The van der Waals surface area contributed by atoms with Gasteiger partial charge in [-0.1, -0.05) is 36.4 Å². The highest BCUT2D eigenvalue weighted by Gasteiger charge is 2.30. The van der Waals surface area contributed by atoms with Gasteiger partial charge < -0.3 is 16.4 Å². The zero-order valence-electron chi connectivity index (χ0n) is 23.9. The zero-order valence-corrected chi connectivity index (χ0v) is 23.9. The van der Waals surface area contributed by atoms with Crippen molar-refractivity contribution in [3.05, 3.63) is 66.0 Å². The molecule has 1 aliphatic heterocycles. The van der Waals surface area contributed by atoms with E-state index in [9.17, 15) is 4.79 Å². The van der Waals surface area contributed by atoms with Gasteiger partial charge in [-0.3, -0.25) is 9.80 Å². The van der Waals surface area contributed by atoms with Gasteiger partial charge in [0.2, 0.25) is 0 Å². The van der Waals surface area contributed by atoms with Crippen molar-refractivity contribution in [1.29, 1.82) is 0 Å². The van der Waals surface area contributed by atoms with Gasteiger partial charge in [-0.15, -0.1) is 0 Å². The van der Waals surface area contributed by atoms with E-state index in [4.69, 9.17) is 16.6 Å². The van der Waals surface area contributed by atoms with Crippen LogP contribution in [-0.4, -0.2) is 74.8 Å².